The van der Waals surface area contributed by atoms with Crippen LogP contribution in [0.5, 0.6) is 0 Å². The molecule has 1 fully saturated rings. The van der Waals surface area contributed by atoms with E-state index in [0.29, 0.717) is 17.4 Å². The molecular formula is C21H25BrN2O3S. The summed E-state index contributed by atoms with van der Waals surface area (Å²) in [6.45, 7) is 6.10. The van der Waals surface area contributed by atoms with Crippen LogP contribution in [0.2, 0.25) is 0 Å². The number of amides is 1. The van der Waals surface area contributed by atoms with E-state index in [1.807, 2.05) is 4.90 Å². The van der Waals surface area contributed by atoms with Gasteiger partial charge in [0.05, 0.1) is 4.90 Å². The lowest BCUT2D eigenvalue weighted by Gasteiger charge is -2.35. The van der Waals surface area contributed by atoms with Crippen LogP contribution in [0.25, 0.3) is 0 Å². The highest BCUT2D eigenvalue weighted by Crippen LogP contribution is 2.22. The molecule has 1 saturated heterocycles. The number of carbonyl (C=O) groups excluding carboxylic acids is 1. The van der Waals surface area contributed by atoms with Crippen molar-refractivity contribution in [2.24, 2.45) is 11.8 Å². The molecular weight excluding hydrogens is 440 g/mol. The highest BCUT2D eigenvalue weighted by Gasteiger charge is 2.26. The average molecular weight is 465 g/mol. The highest BCUT2D eigenvalue weighted by atomic mass is 79.9. The number of nitrogens with one attached hydrogen (secondary N) is 1. The van der Waals surface area contributed by atoms with E-state index < -0.39 is 10.0 Å². The van der Waals surface area contributed by atoms with Crippen molar-refractivity contribution in [3.8, 4) is 0 Å². The van der Waals surface area contributed by atoms with E-state index in [1.54, 1.807) is 48.5 Å². The third-order valence-electron chi connectivity index (χ3n) is 4.95. The van der Waals surface area contributed by atoms with Crippen molar-refractivity contribution in [1.29, 1.82) is 0 Å². The zero-order valence-corrected chi connectivity index (χ0v) is 18.5. The lowest BCUT2D eigenvalue weighted by molar-refractivity contribution is 0.0623. The van der Waals surface area contributed by atoms with E-state index in [0.717, 1.165) is 29.5 Å². The molecule has 0 spiro atoms. The molecule has 0 saturated carbocycles. The molecule has 150 valence electrons. The van der Waals surface area contributed by atoms with E-state index in [2.05, 4.69) is 34.5 Å². The number of hydrogen-bond donors (Lipinski definition) is 1. The summed E-state index contributed by atoms with van der Waals surface area (Å²) < 4.78 is 28.2. The summed E-state index contributed by atoms with van der Waals surface area (Å²) in [5, 5.41) is 0. The molecule has 1 heterocycles. The van der Waals surface area contributed by atoms with Gasteiger partial charge in [0.1, 0.15) is 0 Å². The van der Waals surface area contributed by atoms with Crippen molar-refractivity contribution in [3.63, 3.8) is 0 Å². The maximum absolute atomic E-state index is 12.7. The maximum atomic E-state index is 12.7. The molecule has 0 radical (unpaired) electrons. The van der Waals surface area contributed by atoms with Gasteiger partial charge in [-0.2, -0.15) is 0 Å². The van der Waals surface area contributed by atoms with Crippen molar-refractivity contribution < 1.29 is 13.2 Å². The van der Waals surface area contributed by atoms with Crippen LogP contribution in [-0.2, 0) is 16.6 Å². The lowest BCUT2D eigenvalue weighted by Crippen LogP contribution is -2.42. The second-order valence-corrected chi connectivity index (χ2v) is 10.3. The number of hydrogen-bond acceptors (Lipinski definition) is 3. The predicted molar refractivity (Wildman–Crippen MR) is 113 cm³/mol. The Morgan fingerprint density at radius 3 is 2.18 bits per heavy atom. The van der Waals surface area contributed by atoms with Gasteiger partial charge in [-0.1, -0.05) is 41.9 Å². The quantitative estimate of drug-likeness (QED) is 0.725. The zero-order valence-electron chi connectivity index (χ0n) is 16.1. The highest BCUT2D eigenvalue weighted by molar-refractivity contribution is 9.10. The monoisotopic (exact) mass is 464 g/mol. The summed E-state index contributed by atoms with van der Waals surface area (Å²) in [6, 6.07) is 13.6. The minimum absolute atomic E-state index is 0.0420. The van der Waals surface area contributed by atoms with Crippen molar-refractivity contribution in [3.05, 3.63) is 64.1 Å². The molecule has 1 aliphatic rings. The number of piperidine rings is 1. The number of sulfonamides is 1. The Morgan fingerprint density at radius 1 is 1.04 bits per heavy atom. The standard InChI is InChI=1S/C21H25BrN2O3S/c1-15-11-16(2)14-24(13-15)21(25)18-5-3-17(4-6-18)12-23-28(26,27)20-9-7-19(22)8-10-20/h3-10,15-16,23H,11-14H2,1-2H3/t15-,16-/m1/s1. The van der Waals surface area contributed by atoms with Crippen molar-refractivity contribution in [1.82, 2.24) is 9.62 Å². The molecule has 2 aromatic rings. The summed E-state index contributed by atoms with van der Waals surface area (Å²) in [5.41, 5.74) is 1.44. The summed E-state index contributed by atoms with van der Waals surface area (Å²) in [4.78, 5) is 14.9. The molecule has 0 bridgehead atoms. The minimum atomic E-state index is -3.58. The van der Waals surface area contributed by atoms with Crippen molar-refractivity contribution >= 4 is 31.9 Å². The Hall–Kier alpha value is -1.70. The third kappa shape index (κ3) is 5.21. The van der Waals surface area contributed by atoms with Crippen LogP contribution in [0.3, 0.4) is 0 Å². The first kappa shape index (κ1) is 21.0. The smallest absolute Gasteiger partial charge is 0.253 e. The number of carbonyl (C=O) groups is 1. The molecule has 0 aromatic heterocycles. The second-order valence-electron chi connectivity index (χ2n) is 7.63. The van der Waals surface area contributed by atoms with Gasteiger partial charge in [0, 0.05) is 29.7 Å². The molecule has 1 N–H and O–H groups in total. The van der Waals surface area contributed by atoms with Gasteiger partial charge in [0.15, 0.2) is 0 Å². The first-order valence-corrected chi connectivity index (χ1v) is 11.7. The van der Waals surface area contributed by atoms with Gasteiger partial charge in [-0.25, -0.2) is 13.1 Å². The van der Waals surface area contributed by atoms with Gasteiger partial charge in [-0.15, -0.1) is 0 Å². The second kappa shape index (κ2) is 8.76. The van der Waals surface area contributed by atoms with Crippen LogP contribution in [0, 0.1) is 11.8 Å². The van der Waals surface area contributed by atoms with Gasteiger partial charge in [0.25, 0.3) is 5.91 Å². The topological polar surface area (TPSA) is 66.5 Å². The van der Waals surface area contributed by atoms with E-state index in [4.69, 9.17) is 0 Å². The molecule has 1 amide bonds. The van der Waals surface area contributed by atoms with E-state index in [9.17, 15) is 13.2 Å². The number of nitrogens with zero attached hydrogens (tertiary/aromatic N) is 1. The van der Waals surface area contributed by atoms with Gasteiger partial charge in [-0.05, 0) is 60.2 Å². The molecule has 5 nitrogen and oxygen atoms in total. The summed E-state index contributed by atoms with van der Waals surface area (Å²) in [5.74, 6) is 1.07. The van der Waals surface area contributed by atoms with Gasteiger partial charge in [0.2, 0.25) is 10.0 Å². The van der Waals surface area contributed by atoms with Crippen LogP contribution < -0.4 is 4.72 Å². The first-order valence-electron chi connectivity index (χ1n) is 9.38. The Bertz CT molecular complexity index is 917. The predicted octanol–water partition coefficient (Wildman–Crippen LogP) is 4.05. The largest absolute Gasteiger partial charge is 0.338 e. The van der Waals surface area contributed by atoms with Crippen LogP contribution in [0.15, 0.2) is 57.9 Å². The lowest BCUT2D eigenvalue weighted by atomic mass is 9.91. The molecule has 0 unspecified atom stereocenters. The molecule has 0 aliphatic carbocycles. The molecule has 2 atom stereocenters. The SMILES string of the molecule is C[C@@H]1C[C@@H](C)CN(C(=O)c2ccc(CNS(=O)(=O)c3ccc(Br)cc3)cc2)C1. The summed E-state index contributed by atoms with van der Waals surface area (Å²) >= 11 is 3.30. The Morgan fingerprint density at radius 2 is 1.61 bits per heavy atom. The molecule has 3 rings (SSSR count). The Balaban J connectivity index is 1.63. The first-order chi connectivity index (χ1) is 13.2. The normalized spacial score (nSPS) is 20.2. The fourth-order valence-electron chi connectivity index (χ4n) is 3.65. The number of rotatable bonds is 5. The van der Waals surface area contributed by atoms with E-state index in [-0.39, 0.29) is 17.3 Å². The zero-order chi connectivity index (χ0) is 20.3. The van der Waals surface area contributed by atoms with Gasteiger partial charge in [-0.3, -0.25) is 4.79 Å². The average Bonchev–Trinajstić information content (AvgIpc) is 2.66. The summed E-state index contributed by atoms with van der Waals surface area (Å²) in [7, 11) is -3.58. The fraction of sp³-hybridized carbons (Fsp3) is 0.381. The van der Waals surface area contributed by atoms with Crippen molar-refractivity contribution in [2.45, 2.75) is 31.7 Å². The van der Waals surface area contributed by atoms with Gasteiger partial charge < -0.3 is 4.90 Å². The molecule has 1 aliphatic heterocycles. The Labute approximate surface area is 175 Å². The van der Waals surface area contributed by atoms with Crippen molar-refractivity contribution in [2.75, 3.05) is 13.1 Å². The fourth-order valence-corrected chi connectivity index (χ4v) is 4.93. The van der Waals surface area contributed by atoms with Crippen LogP contribution in [-0.4, -0.2) is 32.3 Å². The third-order valence-corrected chi connectivity index (χ3v) is 6.89. The van der Waals surface area contributed by atoms with Gasteiger partial charge >= 0.3 is 0 Å². The summed E-state index contributed by atoms with van der Waals surface area (Å²) in [6.07, 6.45) is 1.15. The number of likely N-dealkylation sites (tertiary alicyclic amines) is 1. The maximum Gasteiger partial charge on any atom is 0.253 e. The Kier molecular flexibility index (Phi) is 6.58. The van der Waals surface area contributed by atoms with Crippen LogP contribution in [0.1, 0.15) is 36.2 Å². The molecule has 28 heavy (non-hydrogen) atoms. The van der Waals surface area contributed by atoms with E-state index in [1.165, 1.54) is 0 Å². The van der Waals surface area contributed by atoms with E-state index >= 15 is 0 Å². The number of halogens is 1. The van der Waals surface area contributed by atoms with Crippen LogP contribution >= 0.6 is 15.9 Å². The minimum Gasteiger partial charge on any atom is -0.338 e. The number of benzene rings is 2. The molecule has 2 aromatic carbocycles. The van der Waals surface area contributed by atoms with Crippen LogP contribution in [0.4, 0.5) is 0 Å². The molecule has 7 heteroatoms.